The first-order valence-electron chi connectivity index (χ1n) is 5.04. The molecule has 3 heteroatoms. The Hall–Kier alpha value is -1.35. The summed E-state index contributed by atoms with van der Waals surface area (Å²) >= 11 is 0. The average molecular weight is 208 g/mol. The number of ether oxygens (including phenoxy) is 1. The molecule has 0 aliphatic carbocycles. The summed E-state index contributed by atoms with van der Waals surface area (Å²) in [7, 11) is 6.18. The Morgan fingerprint density at radius 1 is 1.33 bits per heavy atom. The van der Waals surface area contributed by atoms with E-state index < -0.39 is 0 Å². The highest BCUT2D eigenvalue weighted by Gasteiger charge is 2.15. The molecule has 0 fully saturated rings. The van der Waals surface area contributed by atoms with Crippen LogP contribution in [-0.2, 0) is 4.74 Å². The smallest absolute Gasteiger partial charge is 0.338 e. The number of hydrogen-bond acceptors (Lipinski definition) is 2. The van der Waals surface area contributed by atoms with Crippen LogP contribution in [0.1, 0.15) is 17.3 Å². The maximum absolute atomic E-state index is 11.5. The fourth-order valence-corrected chi connectivity index (χ4v) is 1.26. The van der Waals surface area contributed by atoms with Crippen molar-refractivity contribution in [1.29, 1.82) is 0 Å². The van der Waals surface area contributed by atoms with Crippen LogP contribution in [0, 0.1) is 0 Å². The van der Waals surface area contributed by atoms with Crippen molar-refractivity contribution in [1.82, 2.24) is 4.48 Å². The zero-order chi connectivity index (χ0) is 11.5. The van der Waals surface area contributed by atoms with E-state index in [1.165, 1.54) is 0 Å². The monoisotopic (exact) mass is 208 g/mol. The van der Waals surface area contributed by atoms with Crippen LogP contribution < -0.4 is 4.48 Å². The predicted octanol–water partition coefficient (Wildman–Crippen LogP) is 2.06. The van der Waals surface area contributed by atoms with Crippen molar-refractivity contribution in [2.24, 2.45) is 0 Å². The molecule has 3 nitrogen and oxygen atoms in total. The van der Waals surface area contributed by atoms with E-state index in [4.69, 9.17) is 4.74 Å². The van der Waals surface area contributed by atoms with E-state index in [9.17, 15) is 4.79 Å². The predicted molar refractivity (Wildman–Crippen MR) is 62.0 cm³/mol. The summed E-state index contributed by atoms with van der Waals surface area (Å²) in [5.74, 6) is -0.257. The standard InChI is InChI=1S/C12H18NO2/c1-5-15-12(14)10-7-6-8-11(9-10)13(2,3)4/h6-9H,5H2,1-4H3/q+1. The lowest BCUT2D eigenvalue weighted by Crippen LogP contribution is -2.34. The molecule has 82 valence electrons. The highest BCUT2D eigenvalue weighted by Crippen LogP contribution is 2.18. The molecule has 0 aliphatic rings. The van der Waals surface area contributed by atoms with E-state index in [1.54, 1.807) is 6.07 Å². The molecule has 1 aromatic rings. The zero-order valence-electron chi connectivity index (χ0n) is 9.78. The molecule has 0 saturated carbocycles. The molecule has 0 heterocycles. The lowest BCUT2D eigenvalue weighted by Gasteiger charge is -2.23. The Labute approximate surface area is 90.9 Å². The fourth-order valence-electron chi connectivity index (χ4n) is 1.26. The first-order chi connectivity index (χ1) is 6.95. The van der Waals surface area contributed by atoms with Crippen LogP contribution >= 0.6 is 0 Å². The molecule has 0 N–H and O–H groups in total. The number of carbonyl (C=O) groups excluding carboxylic acids is 1. The highest BCUT2D eigenvalue weighted by molar-refractivity contribution is 5.90. The molecule has 0 unspecified atom stereocenters. The summed E-state index contributed by atoms with van der Waals surface area (Å²) in [4.78, 5) is 11.5. The Morgan fingerprint density at radius 3 is 2.53 bits per heavy atom. The molecule has 1 rings (SSSR count). The molecule has 0 amide bonds. The van der Waals surface area contributed by atoms with Gasteiger partial charge in [-0.25, -0.2) is 4.79 Å². The quantitative estimate of drug-likeness (QED) is 0.561. The van der Waals surface area contributed by atoms with Gasteiger partial charge in [-0.2, -0.15) is 0 Å². The SMILES string of the molecule is CCOC(=O)c1cccc([N+](C)(C)C)c1. The van der Waals surface area contributed by atoms with Gasteiger partial charge in [0.25, 0.3) is 0 Å². The van der Waals surface area contributed by atoms with Crippen LogP contribution in [0.2, 0.25) is 0 Å². The second-order valence-corrected chi connectivity index (χ2v) is 4.28. The molecule has 0 bridgehead atoms. The van der Waals surface area contributed by atoms with E-state index in [0.717, 1.165) is 5.69 Å². The topological polar surface area (TPSA) is 26.3 Å². The Bertz CT molecular complexity index is 353. The summed E-state index contributed by atoms with van der Waals surface area (Å²) in [5, 5.41) is 0. The number of nitrogens with zero attached hydrogens (tertiary/aromatic N) is 1. The van der Waals surface area contributed by atoms with Crippen LogP contribution in [0.3, 0.4) is 0 Å². The average Bonchev–Trinajstić information content (AvgIpc) is 2.17. The minimum atomic E-state index is -0.257. The number of quaternary nitrogens is 1. The van der Waals surface area contributed by atoms with E-state index in [-0.39, 0.29) is 5.97 Å². The minimum Gasteiger partial charge on any atom is -0.462 e. The highest BCUT2D eigenvalue weighted by atomic mass is 16.5. The van der Waals surface area contributed by atoms with Crippen molar-refractivity contribution in [2.45, 2.75) is 6.92 Å². The number of rotatable bonds is 3. The summed E-state index contributed by atoms with van der Waals surface area (Å²) in [6.45, 7) is 2.22. The molecular weight excluding hydrogens is 190 g/mol. The number of benzene rings is 1. The second-order valence-electron chi connectivity index (χ2n) is 4.28. The third-order valence-corrected chi connectivity index (χ3v) is 2.13. The van der Waals surface area contributed by atoms with E-state index >= 15 is 0 Å². The summed E-state index contributed by atoms with van der Waals surface area (Å²) in [6.07, 6.45) is 0. The third kappa shape index (κ3) is 3.06. The Morgan fingerprint density at radius 2 is 2.00 bits per heavy atom. The first-order valence-corrected chi connectivity index (χ1v) is 5.04. The third-order valence-electron chi connectivity index (χ3n) is 2.13. The van der Waals surface area contributed by atoms with Gasteiger partial charge in [0.2, 0.25) is 0 Å². The zero-order valence-corrected chi connectivity index (χ0v) is 9.78. The molecular formula is C12H18NO2+. The molecule has 0 aromatic heterocycles. The number of hydrogen-bond donors (Lipinski definition) is 0. The van der Waals surface area contributed by atoms with Crippen LogP contribution in [0.25, 0.3) is 0 Å². The van der Waals surface area contributed by atoms with Crippen molar-refractivity contribution in [2.75, 3.05) is 27.7 Å². The van der Waals surface area contributed by atoms with Gasteiger partial charge in [-0.15, -0.1) is 0 Å². The molecule has 0 atom stereocenters. The minimum absolute atomic E-state index is 0.257. The normalized spacial score (nSPS) is 11.2. The lowest BCUT2D eigenvalue weighted by atomic mass is 10.2. The van der Waals surface area contributed by atoms with Gasteiger partial charge in [-0.3, -0.25) is 4.48 Å². The Kier molecular flexibility index (Phi) is 3.48. The van der Waals surface area contributed by atoms with Crippen molar-refractivity contribution >= 4 is 11.7 Å². The molecule has 0 saturated heterocycles. The summed E-state index contributed by atoms with van der Waals surface area (Å²) in [5.41, 5.74) is 1.70. The first kappa shape index (κ1) is 11.7. The number of carbonyl (C=O) groups is 1. The summed E-state index contributed by atoms with van der Waals surface area (Å²) in [6, 6.07) is 7.53. The lowest BCUT2D eigenvalue weighted by molar-refractivity contribution is 0.0526. The van der Waals surface area contributed by atoms with Crippen LogP contribution in [0.5, 0.6) is 0 Å². The fraction of sp³-hybridized carbons (Fsp3) is 0.417. The maximum atomic E-state index is 11.5. The van der Waals surface area contributed by atoms with Crippen LogP contribution in [0.15, 0.2) is 24.3 Å². The maximum Gasteiger partial charge on any atom is 0.338 e. The van der Waals surface area contributed by atoms with Gasteiger partial charge in [0.05, 0.1) is 33.3 Å². The van der Waals surface area contributed by atoms with E-state index in [0.29, 0.717) is 16.7 Å². The molecule has 0 aliphatic heterocycles. The molecule has 1 aromatic carbocycles. The summed E-state index contributed by atoms with van der Waals surface area (Å²) < 4.78 is 5.64. The van der Waals surface area contributed by atoms with Crippen molar-refractivity contribution in [3.05, 3.63) is 29.8 Å². The molecule has 0 radical (unpaired) electrons. The molecule has 15 heavy (non-hydrogen) atoms. The van der Waals surface area contributed by atoms with Crippen molar-refractivity contribution in [3.63, 3.8) is 0 Å². The largest absolute Gasteiger partial charge is 0.462 e. The Balaban J connectivity index is 2.98. The van der Waals surface area contributed by atoms with E-state index in [1.807, 2.05) is 25.1 Å². The van der Waals surface area contributed by atoms with Crippen molar-refractivity contribution in [3.8, 4) is 0 Å². The molecule has 0 spiro atoms. The van der Waals surface area contributed by atoms with Gasteiger partial charge in [0, 0.05) is 6.07 Å². The second kappa shape index (κ2) is 4.45. The van der Waals surface area contributed by atoms with Gasteiger partial charge in [0.15, 0.2) is 0 Å². The number of esters is 1. The van der Waals surface area contributed by atoms with Gasteiger partial charge >= 0.3 is 5.97 Å². The van der Waals surface area contributed by atoms with Gasteiger partial charge in [0.1, 0.15) is 5.69 Å². The van der Waals surface area contributed by atoms with E-state index in [2.05, 4.69) is 21.1 Å². The van der Waals surface area contributed by atoms with Crippen LogP contribution in [0.4, 0.5) is 5.69 Å². The van der Waals surface area contributed by atoms with Gasteiger partial charge < -0.3 is 4.74 Å². The van der Waals surface area contributed by atoms with Crippen molar-refractivity contribution < 1.29 is 9.53 Å². The van der Waals surface area contributed by atoms with Gasteiger partial charge in [-0.05, 0) is 19.1 Å². The van der Waals surface area contributed by atoms with Crippen LogP contribution in [-0.4, -0.2) is 33.7 Å². The van der Waals surface area contributed by atoms with Gasteiger partial charge in [-0.1, -0.05) is 6.07 Å².